The fourth-order valence-corrected chi connectivity index (χ4v) is 2.87. The SMILES string of the molecule is CC1CC(C)(C)CCC1NCc1ncc[nH]1. The van der Waals surface area contributed by atoms with Crippen LogP contribution in [0.15, 0.2) is 12.4 Å². The molecule has 2 unspecified atom stereocenters. The van der Waals surface area contributed by atoms with Crippen LogP contribution in [-0.2, 0) is 6.54 Å². The maximum atomic E-state index is 4.24. The first kappa shape index (κ1) is 11.6. The lowest BCUT2D eigenvalue weighted by atomic mass is 9.70. The highest BCUT2D eigenvalue weighted by Crippen LogP contribution is 2.38. The third-order valence-corrected chi connectivity index (χ3v) is 3.78. The van der Waals surface area contributed by atoms with E-state index in [1.165, 1.54) is 19.3 Å². The molecule has 1 saturated carbocycles. The van der Waals surface area contributed by atoms with Crippen LogP contribution in [-0.4, -0.2) is 16.0 Å². The molecule has 0 radical (unpaired) electrons. The molecule has 1 aromatic heterocycles. The van der Waals surface area contributed by atoms with Gasteiger partial charge in [-0.05, 0) is 30.6 Å². The molecule has 2 rings (SSSR count). The molecule has 2 N–H and O–H groups in total. The minimum atomic E-state index is 0.530. The number of aromatic amines is 1. The van der Waals surface area contributed by atoms with Crippen molar-refractivity contribution in [2.24, 2.45) is 11.3 Å². The Labute approximate surface area is 98.1 Å². The van der Waals surface area contributed by atoms with Gasteiger partial charge >= 0.3 is 0 Å². The van der Waals surface area contributed by atoms with E-state index in [-0.39, 0.29) is 0 Å². The first-order chi connectivity index (χ1) is 7.57. The molecule has 3 nitrogen and oxygen atoms in total. The van der Waals surface area contributed by atoms with Gasteiger partial charge in [-0.3, -0.25) is 0 Å². The van der Waals surface area contributed by atoms with Crippen molar-refractivity contribution in [2.45, 2.75) is 52.6 Å². The maximum Gasteiger partial charge on any atom is 0.120 e. The summed E-state index contributed by atoms with van der Waals surface area (Å²) >= 11 is 0. The van der Waals surface area contributed by atoms with Crippen LogP contribution in [0.5, 0.6) is 0 Å². The Hall–Kier alpha value is -0.830. The molecule has 0 amide bonds. The fourth-order valence-electron chi connectivity index (χ4n) is 2.87. The van der Waals surface area contributed by atoms with E-state index in [1.54, 1.807) is 0 Å². The average Bonchev–Trinajstić information content (AvgIpc) is 2.68. The first-order valence-corrected chi connectivity index (χ1v) is 6.28. The Morgan fingerprint density at radius 3 is 3.00 bits per heavy atom. The number of hydrogen-bond acceptors (Lipinski definition) is 2. The molecular formula is C13H23N3. The van der Waals surface area contributed by atoms with Crippen molar-refractivity contribution < 1.29 is 0 Å². The van der Waals surface area contributed by atoms with E-state index < -0.39 is 0 Å². The van der Waals surface area contributed by atoms with Crippen molar-refractivity contribution >= 4 is 0 Å². The van der Waals surface area contributed by atoms with E-state index in [1.807, 2.05) is 12.4 Å². The van der Waals surface area contributed by atoms with Crippen LogP contribution in [0.2, 0.25) is 0 Å². The second-order valence-corrected chi connectivity index (χ2v) is 5.91. The summed E-state index contributed by atoms with van der Waals surface area (Å²) in [5.41, 5.74) is 0.530. The van der Waals surface area contributed by atoms with Gasteiger partial charge in [-0.15, -0.1) is 0 Å². The average molecular weight is 221 g/mol. The number of nitrogens with one attached hydrogen (secondary N) is 2. The summed E-state index contributed by atoms with van der Waals surface area (Å²) in [7, 11) is 0. The molecule has 0 aromatic carbocycles. The van der Waals surface area contributed by atoms with Crippen molar-refractivity contribution in [3.8, 4) is 0 Å². The van der Waals surface area contributed by atoms with Crippen molar-refractivity contribution in [1.29, 1.82) is 0 Å². The van der Waals surface area contributed by atoms with E-state index in [4.69, 9.17) is 0 Å². The second kappa shape index (κ2) is 4.58. The molecule has 1 aliphatic carbocycles. The van der Waals surface area contributed by atoms with E-state index >= 15 is 0 Å². The highest BCUT2D eigenvalue weighted by Gasteiger charge is 2.31. The molecule has 1 aromatic rings. The van der Waals surface area contributed by atoms with Crippen LogP contribution in [0.1, 0.15) is 45.9 Å². The first-order valence-electron chi connectivity index (χ1n) is 6.28. The van der Waals surface area contributed by atoms with Crippen molar-refractivity contribution in [1.82, 2.24) is 15.3 Å². The van der Waals surface area contributed by atoms with Crippen molar-refractivity contribution in [3.63, 3.8) is 0 Å². The zero-order valence-corrected chi connectivity index (χ0v) is 10.6. The van der Waals surface area contributed by atoms with E-state index in [9.17, 15) is 0 Å². The number of imidazole rings is 1. The summed E-state index contributed by atoms with van der Waals surface area (Å²) in [6, 6.07) is 0.651. The highest BCUT2D eigenvalue weighted by molar-refractivity contribution is 4.90. The molecule has 1 heterocycles. The summed E-state index contributed by atoms with van der Waals surface area (Å²) in [5.74, 6) is 1.80. The van der Waals surface area contributed by atoms with Crippen LogP contribution < -0.4 is 5.32 Å². The Kier molecular flexibility index (Phi) is 3.33. The summed E-state index contributed by atoms with van der Waals surface area (Å²) in [6.45, 7) is 7.99. The lowest BCUT2D eigenvalue weighted by Crippen LogP contribution is -2.41. The van der Waals surface area contributed by atoms with Gasteiger partial charge in [0, 0.05) is 18.4 Å². The second-order valence-electron chi connectivity index (χ2n) is 5.91. The molecule has 1 aliphatic rings. The lowest BCUT2D eigenvalue weighted by Gasteiger charge is -2.39. The van der Waals surface area contributed by atoms with Crippen LogP contribution in [0.3, 0.4) is 0 Å². The van der Waals surface area contributed by atoms with Crippen molar-refractivity contribution in [2.75, 3.05) is 0 Å². The lowest BCUT2D eigenvalue weighted by molar-refractivity contribution is 0.148. The predicted octanol–water partition coefficient (Wildman–Crippen LogP) is 2.71. The summed E-state index contributed by atoms with van der Waals surface area (Å²) in [5, 5.41) is 3.62. The predicted molar refractivity (Wildman–Crippen MR) is 66.0 cm³/mol. The van der Waals surface area contributed by atoms with Gasteiger partial charge in [-0.1, -0.05) is 20.8 Å². The zero-order chi connectivity index (χ0) is 11.6. The molecule has 90 valence electrons. The quantitative estimate of drug-likeness (QED) is 0.824. The van der Waals surface area contributed by atoms with E-state index in [0.717, 1.165) is 18.3 Å². The maximum absolute atomic E-state index is 4.24. The van der Waals surface area contributed by atoms with Gasteiger partial charge in [0.1, 0.15) is 5.82 Å². The number of rotatable bonds is 3. The van der Waals surface area contributed by atoms with Gasteiger partial charge in [0.2, 0.25) is 0 Å². The Morgan fingerprint density at radius 2 is 2.38 bits per heavy atom. The van der Waals surface area contributed by atoms with Crippen LogP contribution in [0.25, 0.3) is 0 Å². The zero-order valence-electron chi connectivity index (χ0n) is 10.6. The highest BCUT2D eigenvalue weighted by atomic mass is 15.0. The summed E-state index contributed by atoms with van der Waals surface area (Å²) in [6.07, 6.45) is 7.62. The van der Waals surface area contributed by atoms with Gasteiger partial charge in [0.05, 0.1) is 6.54 Å². The number of H-pyrrole nitrogens is 1. The monoisotopic (exact) mass is 221 g/mol. The number of hydrogen-bond donors (Lipinski definition) is 2. The molecule has 2 atom stereocenters. The third-order valence-electron chi connectivity index (χ3n) is 3.78. The van der Waals surface area contributed by atoms with Gasteiger partial charge in [-0.25, -0.2) is 4.98 Å². The largest absolute Gasteiger partial charge is 0.348 e. The normalized spacial score (nSPS) is 29.2. The van der Waals surface area contributed by atoms with Crippen LogP contribution in [0, 0.1) is 11.3 Å². The minimum absolute atomic E-state index is 0.530. The Bertz CT molecular complexity index is 316. The van der Waals surface area contributed by atoms with Gasteiger partial charge in [0.25, 0.3) is 0 Å². The Balaban J connectivity index is 1.83. The Morgan fingerprint density at radius 1 is 1.56 bits per heavy atom. The summed E-state index contributed by atoms with van der Waals surface area (Å²) in [4.78, 5) is 7.37. The molecule has 16 heavy (non-hydrogen) atoms. The van der Waals surface area contributed by atoms with E-state index in [2.05, 4.69) is 36.1 Å². The number of nitrogens with zero attached hydrogens (tertiary/aromatic N) is 1. The van der Waals surface area contributed by atoms with Gasteiger partial charge in [-0.2, -0.15) is 0 Å². The fraction of sp³-hybridized carbons (Fsp3) is 0.769. The molecule has 1 fully saturated rings. The molecule has 0 spiro atoms. The van der Waals surface area contributed by atoms with Crippen LogP contribution >= 0.6 is 0 Å². The van der Waals surface area contributed by atoms with E-state index in [0.29, 0.717) is 11.5 Å². The molecule has 0 aliphatic heterocycles. The summed E-state index contributed by atoms with van der Waals surface area (Å²) < 4.78 is 0. The third kappa shape index (κ3) is 2.85. The standard InChI is InChI=1S/C13H23N3/c1-10-8-13(2,3)5-4-11(10)16-9-12-14-6-7-15-12/h6-7,10-11,16H,4-5,8-9H2,1-3H3,(H,14,15). The smallest absolute Gasteiger partial charge is 0.120 e. The molecular weight excluding hydrogens is 198 g/mol. The molecule has 0 bridgehead atoms. The van der Waals surface area contributed by atoms with Gasteiger partial charge in [0.15, 0.2) is 0 Å². The minimum Gasteiger partial charge on any atom is -0.348 e. The van der Waals surface area contributed by atoms with Crippen LogP contribution in [0.4, 0.5) is 0 Å². The topological polar surface area (TPSA) is 40.7 Å². The van der Waals surface area contributed by atoms with Crippen molar-refractivity contribution in [3.05, 3.63) is 18.2 Å². The number of aromatic nitrogens is 2. The molecule has 0 saturated heterocycles. The molecule has 3 heteroatoms. The van der Waals surface area contributed by atoms with Gasteiger partial charge < -0.3 is 10.3 Å².